The van der Waals surface area contributed by atoms with Crippen LogP contribution in [-0.4, -0.2) is 12.1 Å². The summed E-state index contributed by atoms with van der Waals surface area (Å²) in [6, 6.07) is 0. The van der Waals surface area contributed by atoms with E-state index in [9.17, 15) is 0 Å². The fraction of sp³-hybridized carbons (Fsp3) is 0.778. The minimum absolute atomic E-state index is 0.0369. The van der Waals surface area contributed by atoms with Crippen LogP contribution in [0.25, 0.3) is 0 Å². The van der Waals surface area contributed by atoms with E-state index in [-0.39, 0.29) is 12.1 Å². The summed E-state index contributed by atoms with van der Waals surface area (Å²) in [6.07, 6.45) is 6.13. The fourth-order valence-electron chi connectivity index (χ4n) is 1.51. The first kappa shape index (κ1) is 7.32. The van der Waals surface area contributed by atoms with E-state index in [1.54, 1.807) is 0 Å². The molecule has 0 aromatic rings. The largest absolute Gasteiger partial charge is 0.320 e. The number of rotatable bonds is 1. The first-order valence-corrected chi connectivity index (χ1v) is 4.22. The van der Waals surface area contributed by atoms with E-state index in [1.165, 1.54) is 0 Å². The fourth-order valence-corrected chi connectivity index (χ4v) is 1.51. The van der Waals surface area contributed by atoms with Gasteiger partial charge in [0, 0.05) is 18.8 Å². The molecule has 0 bridgehead atoms. The quantitative estimate of drug-likeness (QED) is 0.538. The summed E-state index contributed by atoms with van der Waals surface area (Å²) in [5.41, 5.74) is 0. The molecule has 1 aliphatic carbocycles. The molecule has 1 saturated heterocycles. The van der Waals surface area contributed by atoms with E-state index in [4.69, 9.17) is 9.47 Å². The van der Waals surface area contributed by atoms with Gasteiger partial charge in [-0.05, 0) is 0 Å². The van der Waals surface area contributed by atoms with E-state index >= 15 is 0 Å². The van der Waals surface area contributed by atoms with Gasteiger partial charge in [-0.25, -0.2) is 0 Å². The Labute approximate surface area is 67.2 Å². The number of hydrogen-bond acceptors (Lipinski definition) is 2. The molecule has 1 spiro atoms. The molecule has 62 valence electrons. The highest BCUT2D eigenvalue weighted by atomic mass is 16.9. The third-order valence-electron chi connectivity index (χ3n) is 2.23. The Bertz CT molecular complexity index is 168. The Hall–Kier alpha value is -0.340. The summed E-state index contributed by atoms with van der Waals surface area (Å²) in [7, 11) is 0. The van der Waals surface area contributed by atoms with Crippen molar-refractivity contribution in [1.29, 1.82) is 0 Å². The molecule has 0 N–H and O–H groups in total. The molecular formula is C9H14O2. The molecule has 0 aromatic carbocycles. The molecule has 2 nitrogen and oxygen atoms in total. The lowest BCUT2D eigenvalue weighted by Gasteiger charge is -2.47. The van der Waals surface area contributed by atoms with Crippen molar-refractivity contribution in [2.45, 2.75) is 38.8 Å². The van der Waals surface area contributed by atoms with Gasteiger partial charge >= 0.3 is 0 Å². The van der Waals surface area contributed by atoms with Crippen LogP contribution in [0.4, 0.5) is 0 Å². The number of hydrogen-bond donors (Lipinski definition) is 0. The Balaban J connectivity index is 1.87. The highest BCUT2D eigenvalue weighted by Crippen LogP contribution is 2.41. The summed E-state index contributed by atoms with van der Waals surface area (Å²) in [5.74, 6) is 0.232. The van der Waals surface area contributed by atoms with Crippen molar-refractivity contribution in [3.05, 3.63) is 12.2 Å². The Morgan fingerprint density at radius 3 is 2.27 bits per heavy atom. The maximum Gasteiger partial charge on any atom is 0.181 e. The first-order valence-electron chi connectivity index (χ1n) is 4.22. The lowest BCUT2D eigenvalue weighted by Crippen LogP contribution is -2.53. The van der Waals surface area contributed by atoms with Crippen LogP contribution in [0.1, 0.15) is 26.7 Å². The van der Waals surface area contributed by atoms with Gasteiger partial charge in [0.1, 0.15) is 0 Å². The van der Waals surface area contributed by atoms with Crippen LogP contribution >= 0.6 is 0 Å². The normalized spacial score (nSPS) is 28.3. The monoisotopic (exact) mass is 154 g/mol. The van der Waals surface area contributed by atoms with E-state index in [1.807, 2.05) is 0 Å². The average Bonchev–Trinajstić information content (AvgIpc) is 2.29. The van der Waals surface area contributed by atoms with Crippen molar-refractivity contribution in [2.75, 3.05) is 0 Å². The summed E-state index contributed by atoms with van der Waals surface area (Å²) in [6.45, 7) is 4.22. The van der Waals surface area contributed by atoms with Crippen molar-refractivity contribution < 1.29 is 9.47 Å². The molecule has 0 saturated carbocycles. The molecule has 1 aliphatic heterocycles. The van der Waals surface area contributed by atoms with Crippen LogP contribution in [0.15, 0.2) is 12.2 Å². The van der Waals surface area contributed by atoms with Crippen LogP contribution < -0.4 is 0 Å². The van der Waals surface area contributed by atoms with Crippen molar-refractivity contribution >= 4 is 0 Å². The predicted molar refractivity (Wildman–Crippen MR) is 41.9 cm³/mol. The van der Waals surface area contributed by atoms with E-state index < -0.39 is 0 Å². The van der Waals surface area contributed by atoms with Gasteiger partial charge in [0.15, 0.2) is 12.1 Å². The molecule has 2 heteroatoms. The topological polar surface area (TPSA) is 18.5 Å². The van der Waals surface area contributed by atoms with Crippen LogP contribution in [0.5, 0.6) is 0 Å². The maximum absolute atomic E-state index is 5.66. The highest BCUT2D eigenvalue weighted by Gasteiger charge is 2.47. The first-order chi connectivity index (χ1) is 5.22. The molecule has 1 heterocycles. The van der Waals surface area contributed by atoms with E-state index in [2.05, 4.69) is 26.0 Å². The summed E-state index contributed by atoms with van der Waals surface area (Å²) in [5, 5.41) is 0. The van der Waals surface area contributed by atoms with Gasteiger partial charge in [-0.3, -0.25) is 0 Å². The van der Waals surface area contributed by atoms with Crippen LogP contribution in [0.3, 0.4) is 0 Å². The predicted octanol–water partition coefficient (Wildman–Crippen LogP) is 2.06. The maximum atomic E-state index is 5.66. The second-order valence-electron chi connectivity index (χ2n) is 3.64. The highest BCUT2D eigenvalue weighted by molar-refractivity contribution is 5.03. The number of ether oxygens (including phenoxy) is 2. The third-order valence-corrected chi connectivity index (χ3v) is 2.23. The minimum Gasteiger partial charge on any atom is -0.320 e. The zero-order valence-electron chi connectivity index (χ0n) is 7.04. The molecular weight excluding hydrogens is 140 g/mol. The molecule has 2 rings (SSSR count). The molecule has 0 atom stereocenters. The van der Waals surface area contributed by atoms with Crippen LogP contribution in [0.2, 0.25) is 0 Å². The van der Waals surface area contributed by atoms with Gasteiger partial charge < -0.3 is 9.47 Å². The zero-order chi connectivity index (χ0) is 7.90. The smallest absolute Gasteiger partial charge is 0.181 e. The molecule has 0 amide bonds. The Morgan fingerprint density at radius 2 is 1.82 bits per heavy atom. The van der Waals surface area contributed by atoms with Crippen molar-refractivity contribution in [3.8, 4) is 0 Å². The zero-order valence-corrected chi connectivity index (χ0v) is 7.04. The van der Waals surface area contributed by atoms with Gasteiger partial charge in [0.05, 0.1) is 0 Å². The van der Waals surface area contributed by atoms with Gasteiger partial charge in [0.25, 0.3) is 0 Å². The lowest BCUT2D eigenvalue weighted by molar-refractivity contribution is -0.457. The van der Waals surface area contributed by atoms with Gasteiger partial charge in [-0.15, -0.1) is 0 Å². The van der Waals surface area contributed by atoms with Crippen LogP contribution in [0, 0.1) is 5.92 Å². The van der Waals surface area contributed by atoms with Gasteiger partial charge in [0.2, 0.25) is 0 Å². The SMILES string of the molecule is CC(C)C1OC2(CC=CC2)O1. The molecule has 0 unspecified atom stereocenters. The Kier molecular flexibility index (Phi) is 1.55. The van der Waals surface area contributed by atoms with Crippen LogP contribution in [-0.2, 0) is 9.47 Å². The second-order valence-corrected chi connectivity index (χ2v) is 3.64. The second kappa shape index (κ2) is 2.32. The molecule has 11 heavy (non-hydrogen) atoms. The summed E-state index contributed by atoms with van der Waals surface area (Å²) < 4.78 is 11.3. The van der Waals surface area contributed by atoms with E-state index in [0.717, 1.165) is 12.8 Å². The third kappa shape index (κ3) is 1.10. The Morgan fingerprint density at radius 1 is 1.27 bits per heavy atom. The average molecular weight is 154 g/mol. The van der Waals surface area contributed by atoms with Gasteiger partial charge in [-0.2, -0.15) is 0 Å². The van der Waals surface area contributed by atoms with Gasteiger partial charge in [-0.1, -0.05) is 26.0 Å². The lowest BCUT2D eigenvalue weighted by atomic mass is 10.1. The van der Waals surface area contributed by atoms with Crippen molar-refractivity contribution in [2.24, 2.45) is 5.92 Å². The molecule has 0 aromatic heterocycles. The summed E-state index contributed by atoms with van der Waals surface area (Å²) in [4.78, 5) is 0. The molecule has 1 fully saturated rings. The summed E-state index contributed by atoms with van der Waals surface area (Å²) >= 11 is 0. The van der Waals surface area contributed by atoms with E-state index in [0.29, 0.717) is 5.92 Å². The molecule has 0 radical (unpaired) electrons. The van der Waals surface area contributed by atoms with Crippen molar-refractivity contribution in [1.82, 2.24) is 0 Å². The minimum atomic E-state index is -0.241. The molecule has 2 aliphatic rings. The van der Waals surface area contributed by atoms with Crippen molar-refractivity contribution in [3.63, 3.8) is 0 Å². The standard InChI is InChI=1S/C9H14O2/c1-7(2)8-10-9(11-8)5-3-4-6-9/h3-4,7-8H,5-6H2,1-2H3.